The van der Waals surface area contributed by atoms with Crippen LogP contribution < -0.4 is 0 Å². The molecule has 0 heterocycles. The molecule has 0 saturated carbocycles. The van der Waals surface area contributed by atoms with E-state index in [1.165, 1.54) is 18.2 Å². The van der Waals surface area contributed by atoms with Crippen LogP contribution in [0.15, 0.2) is 53.8 Å². The highest BCUT2D eigenvalue weighted by Gasteiger charge is 2.35. The molecule has 0 aliphatic heterocycles. The standard InChI is InChI=1S/C27H34F2O6/c1-3-18-10-8-16(13-21(18)28)6-5-7-20(12-17-9-11-19(4-2)22(29)14-17)24(32)26(34)27(35)25(33)23(31)15-30/h5,8-11,13-14,23-27,30-35H,3-4,6,12,15H2,1-2H3/t7?,23-,24?,25+,26+,27-/m0/s1. The summed E-state index contributed by atoms with van der Waals surface area (Å²) in [6.45, 7) is 2.80. The van der Waals surface area contributed by atoms with E-state index in [0.717, 1.165) is 0 Å². The monoisotopic (exact) mass is 492 g/mol. The molecule has 0 spiro atoms. The highest BCUT2D eigenvalue weighted by molar-refractivity contribution is 5.30. The van der Waals surface area contributed by atoms with Crippen molar-refractivity contribution in [2.24, 2.45) is 0 Å². The molecule has 2 rings (SSSR count). The van der Waals surface area contributed by atoms with Gasteiger partial charge in [0.05, 0.1) is 6.61 Å². The van der Waals surface area contributed by atoms with E-state index in [1.807, 2.05) is 13.8 Å². The molecule has 0 fully saturated rings. The van der Waals surface area contributed by atoms with Crippen molar-refractivity contribution in [2.75, 3.05) is 6.61 Å². The third-order valence-electron chi connectivity index (χ3n) is 5.98. The van der Waals surface area contributed by atoms with Crippen LogP contribution in [0, 0.1) is 11.6 Å². The summed E-state index contributed by atoms with van der Waals surface area (Å²) < 4.78 is 28.4. The van der Waals surface area contributed by atoms with Gasteiger partial charge in [-0.15, -0.1) is 5.73 Å². The van der Waals surface area contributed by atoms with E-state index in [1.54, 1.807) is 24.3 Å². The molecule has 2 aromatic rings. The zero-order valence-electron chi connectivity index (χ0n) is 19.9. The average molecular weight is 493 g/mol. The van der Waals surface area contributed by atoms with E-state index in [0.29, 0.717) is 35.1 Å². The summed E-state index contributed by atoms with van der Waals surface area (Å²) in [5.41, 5.74) is 5.18. The Morgan fingerprint density at radius 1 is 0.829 bits per heavy atom. The minimum absolute atomic E-state index is 0.0376. The number of hydrogen-bond donors (Lipinski definition) is 6. The van der Waals surface area contributed by atoms with E-state index in [9.17, 15) is 34.3 Å². The van der Waals surface area contributed by atoms with Gasteiger partial charge in [0.25, 0.3) is 0 Å². The third kappa shape index (κ3) is 7.78. The summed E-state index contributed by atoms with van der Waals surface area (Å²) in [4.78, 5) is 0. The Morgan fingerprint density at radius 2 is 1.37 bits per heavy atom. The Balaban J connectivity index is 2.36. The molecule has 5 atom stereocenters. The van der Waals surface area contributed by atoms with Gasteiger partial charge in [-0.05, 0) is 59.7 Å². The fourth-order valence-electron chi connectivity index (χ4n) is 3.68. The molecule has 192 valence electrons. The molecule has 8 heteroatoms. The minimum Gasteiger partial charge on any atom is -0.394 e. The second-order valence-electron chi connectivity index (χ2n) is 8.48. The Kier molecular flexibility index (Phi) is 11.2. The maximum absolute atomic E-state index is 14.3. The lowest BCUT2D eigenvalue weighted by Gasteiger charge is -2.29. The molecule has 6 N–H and O–H groups in total. The highest BCUT2D eigenvalue weighted by atomic mass is 19.1. The van der Waals surface area contributed by atoms with Crippen molar-refractivity contribution in [2.45, 2.75) is 70.1 Å². The van der Waals surface area contributed by atoms with E-state index in [2.05, 4.69) is 5.73 Å². The van der Waals surface area contributed by atoms with Crippen LogP contribution in [0.2, 0.25) is 0 Å². The lowest BCUT2D eigenvalue weighted by Crippen LogP contribution is -2.50. The van der Waals surface area contributed by atoms with Crippen molar-refractivity contribution >= 4 is 0 Å². The van der Waals surface area contributed by atoms with Gasteiger partial charge in [-0.3, -0.25) is 0 Å². The Morgan fingerprint density at radius 3 is 1.89 bits per heavy atom. The first-order chi connectivity index (χ1) is 16.6. The number of halogens is 2. The molecule has 0 aromatic heterocycles. The molecule has 6 nitrogen and oxygen atoms in total. The molecule has 2 aromatic carbocycles. The summed E-state index contributed by atoms with van der Waals surface area (Å²) in [5.74, 6) is -0.750. The number of benzene rings is 2. The molecule has 0 amide bonds. The summed E-state index contributed by atoms with van der Waals surface area (Å²) in [7, 11) is 0. The Bertz CT molecular complexity index is 1030. The predicted octanol–water partition coefficient (Wildman–Crippen LogP) is 1.75. The smallest absolute Gasteiger partial charge is 0.126 e. The number of aliphatic hydroxyl groups excluding tert-OH is 6. The molecule has 1 unspecified atom stereocenters. The first-order valence-corrected chi connectivity index (χ1v) is 11.6. The zero-order valence-corrected chi connectivity index (χ0v) is 19.9. The topological polar surface area (TPSA) is 121 Å². The second kappa shape index (κ2) is 13.6. The van der Waals surface area contributed by atoms with Crippen LogP contribution in [-0.4, -0.2) is 67.8 Å². The third-order valence-corrected chi connectivity index (χ3v) is 5.98. The van der Waals surface area contributed by atoms with Crippen molar-refractivity contribution < 1.29 is 39.4 Å². The fourth-order valence-corrected chi connectivity index (χ4v) is 3.68. The molecular formula is C27H34F2O6. The molecule has 0 aliphatic carbocycles. The Hall–Kier alpha value is -2.42. The predicted molar refractivity (Wildman–Crippen MR) is 128 cm³/mol. The quantitative estimate of drug-likeness (QED) is 0.251. The SMILES string of the molecule is CCc1ccc(CC=C=C(Cc2ccc(CC)c(F)c2)C(O)[C@@H](O)[C@@H](O)[C@H](O)[C@@H](O)CO)cc1F. The normalized spacial score (nSPS) is 15.6. The maximum Gasteiger partial charge on any atom is 0.126 e. The van der Waals surface area contributed by atoms with Crippen LogP contribution in [-0.2, 0) is 25.7 Å². The molecule has 35 heavy (non-hydrogen) atoms. The number of rotatable bonds is 12. The summed E-state index contributed by atoms with van der Waals surface area (Å²) >= 11 is 0. The fraction of sp³-hybridized carbons (Fsp3) is 0.444. The highest BCUT2D eigenvalue weighted by Crippen LogP contribution is 2.20. The van der Waals surface area contributed by atoms with E-state index < -0.39 is 42.9 Å². The van der Waals surface area contributed by atoms with Crippen LogP contribution in [0.4, 0.5) is 8.78 Å². The van der Waals surface area contributed by atoms with Crippen molar-refractivity contribution in [3.8, 4) is 0 Å². The number of aliphatic hydroxyl groups is 6. The van der Waals surface area contributed by atoms with E-state index >= 15 is 0 Å². The summed E-state index contributed by atoms with van der Waals surface area (Å²) in [5, 5.41) is 59.8. The largest absolute Gasteiger partial charge is 0.394 e. The van der Waals surface area contributed by atoms with Gasteiger partial charge < -0.3 is 30.6 Å². The molecule has 0 radical (unpaired) electrons. The minimum atomic E-state index is -1.99. The van der Waals surface area contributed by atoms with Gasteiger partial charge in [0, 0.05) is 12.0 Å². The zero-order chi connectivity index (χ0) is 26.1. The number of aryl methyl sites for hydroxylation is 2. The van der Waals surface area contributed by atoms with E-state index in [-0.39, 0.29) is 24.2 Å². The molecule has 0 bridgehead atoms. The first-order valence-electron chi connectivity index (χ1n) is 11.6. The van der Waals surface area contributed by atoms with Gasteiger partial charge >= 0.3 is 0 Å². The van der Waals surface area contributed by atoms with Crippen LogP contribution in [0.3, 0.4) is 0 Å². The Labute approximate surface area is 204 Å². The molecular weight excluding hydrogens is 458 g/mol. The van der Waals surface area contributed by atoms with Gasteiger partial charge in [0.2, 0.25) is 0 Å². The summed E-state index contributed by atoms with van der Waals surface area (Å²) in [6.07, 6.45) is -6.52. The lowest BCUT2D eigenvalue weighted by molar-refractivity contribution is -0.134. The van der Waals surface area contributed by atoms with Crippen LogP contribution in [0.25, 0.3) is 0 Å². The molecule has 0 saturated heterocycles. The van der Waals surface area contributed by atoms with Crippen molar-refractivity contribution in [1.29, 1.82) is 0 Å². The summed E-state index contributed by atoms with van der Waals surface area (Å²) in [6, 6.07) is 9.44. The van der Waals surface area contributed by atoms with Gasteiger partial charge in [0.15, 0.2) is 0 Å². The van der Waals surface area contributed by atoms with Crippen molar-refractivity contribution in [3.05, 3.63) is 87.7 Å². The van der Waals surface area contributed by atoms with Crippen LogP contribution >= 0.6 is 0 Å². The van der Waals surface area contributed by atoms with Crippen LogP contribution in [0.5, 0.6) is 0 Å². The van der Waals surface area contributed by atoms with E-state index in [4.69, 9.17) is 5.11 Å². The van der Waals surface area contributed by atoms with Crippen LogP contribution in [0.1, 0.15) is 36.1 Å². The van der Waals surface area contributed by atoms with Gasteiger partial charge in [-0.2, -0.15) is 0 Å². The molecule has 0 aliphatic rings. The van der Waals surface area contributed by atoms with Gasteiger partial charge in [0.1, 0.15) is 42.2 Å². The second-order valence-corrected chi connectivity index (χ2v) is 8.48. The maximum atomic E-state index is 14.3. The van der Waals surface area contributed by atoms with Crippen molar-refractivity contribution in [3.63, 3.8) is 0 Å². The van der Waals surface area contributed by atoms with Gasteiger partial charge in [-0.25, -0.2) is 8.78 Å². The first kappa shape index (κ1) is 28.8. The van der Waals surface area contributed by atoms with Gasteiger partial charge in [-0.1, -0.05) is 38.1 Å². The average Bonchev–Trinajstić information content (AvgIpc) is 2.86. The lowest BCUT2D eigenvalue weighted by atomic mass is 9.91. The number of hydrogen-bond acceptors (Lipinski definition) is 6. The van der Waals surface area contributed by atoms with Crippen molar-refractivity contribution in [1.82, 2.24) is 0 Å².